The van der Waals surface area contributed by atoms with Gasteiger partial charge in [0.2, 0.25) is 11.8 Å². The first-order valence-electron chi connectivity index (χ1n) is 9.70. The Kier molecular flexibility index (Phi) is 5.19. The Balaban J connectivity index is 1.64. The molecule has 0 aliphatic carbocycles. The molecule has 1 fully saturated rings. The van der Waals surface area contributed by atoms with Gasteiger partial charge in [-0.1, -0.05) is 6.92 Å². The number of nitrogens with zero attached hydrogens (tertiary/aromatic N) is 5. The van der Waals surface area contributed by atoms with Gasteiger partial charge in [-0.2, -0.15) is 4.98 Å². The zero-order valence-corrected chi connectivity index (χ0v) is 17.9. The Morgan fingerprint density at radius 3 is 2.63 bits per heavy atom. The number of hydrogen-bond donors (Lipinski definition) is 0. The maximum absolute atomic E-state index is 11.9. The number of imidazole rings is 1. The van der Waals surface area contributed by atoms with Crippen molar-refractivity contribution in [2.75, 3.05) is 19.3 Å². The highest BCUT2D eigenvalue weighted by Gasteiger charge is 2.28. The molecule has 1 unspecified atom stereocenters. The molecule has 0 saturated carbocycles. The lowest BCUT2D eigenvalue weighted by molar-refractivity contribution is -0.130. The monoisotopic (exact) mass is 429 g/mol. The number of aryl methyl sites for hydroxylation is 1. The van der Waals surface area contributed by atoms with E-state index in [9.17, 15) is 13.2 Å². The van der Waals surface area contributed by atoms with E-state index in [0.29, 0.717) is 42.4 Å². The number of sulfone groups is 1. The summed E-state index contributed by atoms with van der Waals surface area (Å²) in [4.78, 5) is 27.2. The smallest absolute Gasteiger partial charge is 0.245 e. The van der Waals surface area contributed by atoms with E-state index in [4.69, 9.17) is 4.74 Å². The number of likely N-dealkylation sites (tertiary alicyclic amines) is 1. The minimum Gasteiger partial charge on any atom is -0.471 e. The van der Waals surface area contributed by atoms with Crippen molar-refractivity contribution in [3.8, 4) is 17.3 Å². The molecule has 3 aromatic rings. The van der Waals surface area contributed by atoms with E-state index >= 15 is 0 Å². The van der Waals surface area contributed by atoms with Crippen LogP contribution in [0, 0.1) is 0 Å². The van der Waals surface area contributed by atoms with Gasteiger partial charge in [0.15, 0.2) is 21.0 Å². The molecule has 1 atom stereocenters. The van der Waals surface area contributed by atoms with Gasteiger partial charge in [-0.3, -0.25) is 4.79 Å². The van der Waals surface area contributed by atoms with Gasteiger partial charge in [0.05, 0.1) is 11.4 Å². The molecule has 0 spiro atoms. The van der Waals surface area contributed by atoms with Crippen LogP contribution in [-0.4, -0.2) is 64.2 Å². The van der Waals surface area contributed by atoms with Gasteiger partial charge in [0.25, 0.3) is 0 Å². The number of rotatable bonds is 5. The molecular formula is C20H23N5O4S. The highest BCUT2D eigenvalue weighted by Crippen LogP contribution is 2.29. The molecule has 2 aromatic heterocycles. The SMILES string of the molecule is CCC(=O)N1CCC(Oc2ncnc3c2nc(-c2ccc(S(C)(=O)=O)cc2)n3C)C1. The summed E-state index contributed by atoms with van der Waals surface area (Å²) < 4.78 is 31.3. The number of hydrogen-bond acceptors (Lipinski definition) is 7. The summed E-state index contributed by atoms with van der Waals surface area (Å²) in [6.07, 6.45) is 3.68. The second kappa shape index (κ2) is 7.67. The average molecular weight is 430 g/mol. The molecule has 4 rings (SSSR count). The van der Waals surface area contributed by atoms with Gasteiger partial charge < -0.3 is 14.2 Å². The van der Waals surface area contributed by atoms with Crippen LogP contribution in [0.2, 0.25) is 0 Å². The summed E-state index contributed by atoms with van der Waals surface area (Å²) in [6, 6.07) is 6.56. The van der Waals surface area contributed by atoms with E-state index in [0.717, 1.165) is 12.0 Å². The van der Waals surface area contributed by atoms with E-state index < -0.39 is 9.84 Å². The molecule has 1 amide bonds. The first kappa shape index (κ1) is 20.3. The predicted molar refractivity (Wildman–Crippen MR) is 111 cm³/mol. The largest absolute Gasteiger partial charge is 0.471 e. The van der Waals surface area contributed by atoms with Crippen LogP contribution in [0.25, 0.3) is 22.6 Å². The molecule has 30 heavy (non-hydrogen) atoms. The number of carbonyl (C=O) groups is 1. The van der Waals surface area contributed by atoms with Crippen molar-refractivity contribution in [2.24, 2.45) is 7.05 Å². The fourth-order valence-corrected chi connectivity index (χ4v) is 4.24. The minimum absolute atomic E-state index is 0.117. The van der Waals surface area contributed by atoms with E-state index in [-0.39, 0.29) is 16.9 Å². The molecule has 9 nitrogen and oxygen atoms in total. The van der Waals surface area contributed by atoms with Gasteiger partial charge >= 0.3 is 0 Å². The van der Waals surface area contributed by atoms with E-state index in [1.807, 2.05) is 18.5 Å². The summed E-state index contributed by atoms with van der Waals surface area (Å²) in [6.45, 7) is 3.05. The normalized spacial score (nSPS) is 16.9. The lowest BCUT2D eigenvalue weighted by Crippen LogP contribution is -2.30. The summed E-state index contributed by atoms with van der Waals surface area (Å²) in [7, 11) is -1.43. The van der Waals surface area contributed by atoms with Crippen LogP contribution in [0.5, 0.6) is 5.88 Å². The number of fused-ring (bicyclic) bond motifs is 1. The van der Waals surface area contributed by atoms with Gasteiger partial charge in [0, 0.05) is 38.3 Å². The molecule has 158 valence electrons. The average Bonchev–Trinajstić information content (AvgIpc) is 3.32. The van der Waals surface area contributed by atoms with Crippen LogP contribution < -0.4 is 4.74 Å². The van der Waals surface area contributed by atoms with Gasteiger partial charge in [-0.15, -0.1) is 0 Å². The number of carbonyl (C=O) groups excluding carboxylic acids is 1. The van der Waals surface area contributed by atoms with Crippen molar-refractivity contribution >= 4 is 26.9 Å². The summed E-state index contributed by atoms with van der Waals surface area (Å²) in [5, 5.41) is 0. The third kappa shape index (κ3) is 3.74. The van der Waals surface area contributed by atoms with Crippen LogP contribution >= 0.6 is 0 Å². The maximum atomic E-state index is 11.9. The highest BCUT2D eigenvalue weighted by atomic mass is 32.2. The van der Waals surface area contributed by atoms with Crippen molar-refractivity contribution < 1.29 is 17.9 Å². The molecular weight excluding hydrogens is 406 g/mol. The first-order valence-corrected chi connectivity index (χ1v) is 11.6. The second-order valence-corrected chi connectivity index (χ2v) is 9.38. The lowest BCUT2D eigenvalue weighted by atomic mass is 10.2. The van der Waals surface area contributed by atoms with Crippen molar-refractivity contribution in [1.29, 1.82) is 0 Å². The quantitative estimate of drug-likeness (QED) is 0.609. The second-order valence-electron chi connectivity index (χ2n) is 7.36. The number of aromatic nitrogens is 4. The molecule has 1 aliphatic heterocycles. The molecule has 1 aliphatic rings. The Morgan fingerprint density at radius 2 is 1.97 bits per heavy atom. The first-order chi connectivity index (χ1) is 14.3. The minimum atomic E-state index is -3.27. The van der Waals surface area contributed by atoms with Gasteiger partial charge in [-0.05, 0) is 24.3 Å². The number of benzene rings is 1. The standard InChI is InChI=1S/C20H23N5O4S/c1-4-16(26)25-10-9-14(11-25)29-20-17-19(21-12-22-20)24(2)18(23-17)13-5-7-15(8-6-13)30(3,27)28/h5-8,12,14H,4,9-11H2,1-3H3. The van der Waals surface area contributed by atoms with E-state index in [1.165, 1.54) is 12.6 Å². The Morgan fingerprint density at radius 1 is 1.23 bits per heavy atom. The predicted octanol–water partition coefficient (Wildman–Crippen LogP) is 1.82. The fourth-order valence-electron chi connectivity index (χ4n) is 3.61. The topological polar surface area (TPSA) is 107 Å². The third-order valence-electron chi connectivity index (χ3n) is 5.24. The molecule has 3 heterocycles. The van der Waals surface area contributed by atoms with Crippen LogP contribution in [0.15, 0.2) is 35.5 Å². The number of amides is 1. The zero-order chi connectivity index (χ0) is 21.5. The van der Waals surface area contributed by atoms with Crippen molar-refractivity contribution in [1.82, 2.24) is 24.4 Å². The molecule has 0 N–H and O–H groups in total. The Labute approximate surface area is 174 Å². The van der Waals surface area contributed by atoms with Crippen LogP contribution in [-0.2, 0) is 21.7 Å². The van der Waals surface area contributed by atoms with Crippen molar-refractivity contribution in [2.45, 2.75) is 30.8 Å². The maximum Gasteiger partial charge on any atom is 0.245 e. The van der Waals surface area contributed by atoms with Gasteiger partial charge in [-0.25, -0.2) is 18.4 Å². The lowest BCUT2D eigenvalue weighted by Gasteiger charge is -2.16. The Bertz CT molecular complexity index is 1200. The summed E-state index contributed by atoms with van der Waals surface area (Å²) >= 11 is 0. The van der Waals surface area contributed by atoms with Crippen molar-refractivity contribution in [3.63, 3.8) is 0 Å². The van der Waals surface area contributed by atoms with Gasteiger partial charge in [0.1, 0.15) is 18.3 Å². The van der Waals surface area contributed by atoms with Crippen LogP contribution in [0.3, 0.4) is 0 Å². The van der Waals surface area contributed by atoms with Crippen LogP contribution in [0.4, 0.5) is 0 Å². The zero-order valence-electron chi connectivity index (χ0n) is 17.1. The molecule has 10 heteroatoms. The Hall–Kier alpha value is -3.01. The van der Waals surface area contributed by atoms with E-state index in [1.54, 1.807) is 29.2 Å². The van der Waals surface area contributed by atoms with E-state index in [2.05, 4.69) is 15.0 Å². The molecule has 0 radical (unpaired) electrons. The van der Waals surface area contributed by atoms with Crippen LogP contribution in [0.1, 0.15) is 19.8 Å². The molecule has 1 aromatic carbocycles. The fraction of sp³-hybridized carbons (Fsp3) is 0.400. The van der Waals surface area contributed by atoms with Crippen molar-refractivity contribution in [3.05, 3.63) is 30.6 Å². The summed E-state index contributed by atoms with van der Waals surface area (Å²) in [5.74, 6) is 1.13. The number of ether oxygens (including phenoxy) is 1. The summed E-state index contributed by atoms with van der Waals surface area (Å²) in [5.41, 5.74) is 1.90. The molecule has 1 saturated heterocycles. The highest BCUT2D eigenvalue weighted by molar-refractivity contribution is 7.90. The third-order valence-corrected chi connectivity index (χ3v) is 6.37. The molecule has 0 bridgehead atoms.